The summed E-state index contributed by atoms with van der Waals surface area (Å²) < 4.78 is 11.3. The summed E-state index contributed by atoms with van der Waals surface area (Å²) in [6.07, 6.45) is 9.01. The predicted molar refractivity (Wildman–Crippen MR) is 156 cm³/mol. The van der Waals surface area contributed by atoms with Gasteiger partial charge in [0.2, 0.25) is 0 Å². The first-order valence-corrected chi connectivity index (χ1v) is 13.6. The maximum atomic E-state index is 7.91. The first-order valence-electron chi connectivity index (χ1n) is 13.2. The predicted octanol–water partition coefficient (Wildman–Crippen LogP) is 8.46. The Morgan fingerprint density at radius 1 is 1.03 bits per heavy atom. The van der Waals surface area contributed by atoms with Crippen molar-refractivity contribution in [3.8, 4) is 17.6 Å². The Bertz CT molecular complexity index is 1330. The molecular weight excluding hydrogens is 478 g/mol. The molecule has 1 saturated carbocycles. The van der Waals surface area contributed by atoms with E-state index in [1.807, 2.05) is 25.1 Å². The van der Waals surface area contributed by atoms with E-state index in [0.717, 1.165) is 40.0 Å². The lowest BCUT2D eigenvalue weighted by molar-refractivity contribution is 0.143. The van der Waals surface area contributed by atoms with Gasteiger partial charge < -0.3 is 14.9 Å². The van der Waals surface area contributed by atoms with Crippen LogP contribution in [0.3, 0.4) is 0 Å². The molecule has 37 heavy (non-hydrogen) atoms. The zero-order valence-electron chi connectivity index (χ0n) is 21.9. The van der Waals surface area contributed by atoms with Crippen LogP contribution in [-0.4, -0.2) is 26.0 Å². The molecule has 1 N–H and O–H groups in total. The summed E-state index contributed by atoms with van der Waals surface area (Å²) in [7, 11) is 0. The molecule has 1 aliphatic carbocycles. The van der Waals surface area contributed by atoms with Gasteiger partial charge in [-0.05, 0) is 66.3 Å². The summed E-state index contributed by atoms with van der Waals surface area (Å²) in [5.74, 6) is 8.73. The molecule has 0 spiro atoms. The Kier molecular flexibility index (Phi) is 9.45. The van der Waals surface area contributed by atoms with Crippen LogP contribution in [0.4, 0.5) is 0 Å². The summed E-state index contributed by atoms with van der Waals surface area (Å²) in [4.78, 5) is 0. The van der Waals surface area contributed by atoms with Crippen molar-refractivity contribution in [3.05, 3.63) is 88.0 Å². The highest BCUT2D eigenvalue weighted by atomic mass is 35.5. The number of rotatable bonds is 9. The molecule has 192 valence electrons. The van der Waals surface area contributed by atoms with Gasteiger partial charge in [0.1, 0.15) is 5.75 Å². The van der Waals surface area contributed by atoms with Crippen LogP contribution in [0.15, 0.2) is 55.1 Å². The molecule has 0 heterocycles. The normalized spacial score (nSPS) is 17.2. The molecule has 0 amide bonds. The Morgan fingerprint density at radius 2 is 1.78 bits per heavy atom. The van der Waals surface area contributed by atoms with Gasteiger partial charge in [-0.2, -0.15) is 0 Å². The fraction of sp³-hybridized carbons (Fsp3) is 0.364. The van der Waals surface area contributed by atoms with Crippen molar-refractivity contribution < 1.29 is 9.47 Å². The largest absolute Gasteiger partial charge is 0.493 e. The third kappa shape index (κ3) is 6.63. The minimum atomic E-state index is 0.525. The molecular formula is C33H36ClNO2. The van der Waals surface area contributed by atoms with E-state index in [-0.39, 0.29) is 0 Å². The average molecular weight is 514 g/mol. The number of fused-ring (bicyclic) bond motifs is 1. The van der Waals surface area contributed by atoms with Gasteiger partial charge >= 0.3 is 0 Å². The Balaban J connectivity index is 1.50. The summed E-state index contributed by atoms with van der Waals surface area (Å²) in [6, 6.07) is 14.7. The molecule has 3 aromatic rings. The monoisotopic (exact) mass is 513 g/mol. The zero-order chi connectivity index (χ0) is 26.2. The van der Waals surface area contributed by atoms with E-state index in [1.54, 1.807) is 6.08 Å². The van der Waals surface area contributed by atoms with Crippen molar-refractivity contribution in [1.82, 2.24) is 0 Å². The van der Waals surface area contributed by atoms with E-state index in [0.29, 0.717) is 36.5 Å². The van der Waals surface area contributed by atoms with Gasteiger partial charge in [0.05, 0.1) is 24.8 Å². The van der Waals surface area contributed by atoms with Gasteiger partial charge in [-0.1, -0.05) is 73.5 Å². The molecule has 0 radical (unpaired) electrons. The van der Waals surface area contributed by atoms with Gasteiger partial charge in [-0.15, -0.1) is 6.58 Å². The molecule has 3 nitrogen and oxygen atoms in total. The van der Waals surface area contributed by atoms with Crippen molar-refractivity contribution >= 4 is 28.6 Å². The lowest BCUT2D eigenvalue weighted by Crippen LogP contribution is -2.10. The standard InChI is InChI=1S/C33H36ClNO2/c1-4-18-36-19-5-20-37-32-17-15-25(24(3)31(32)22-35)10-11-27-12-13-29-21-28(14-16-30(29)33(27)34)26-8-6-23(2)7-9-26/h4,12-17,21-23,26,35H,1,5-9,18-20H2,2-3H3. The highest BCUT2D eigenvalue weighted by Crippen LogP contribution is 2.37. The van der Waals surface area contributed by atoms with Crippen molar-refractivity contribution in [2.75, 3.05) is 19.8 Å². The van der Waals surface area contributed by atoms with Crippen LogP contribution in [0.25, 0.3) is 10.8 Å². The smallest absolute Gasteiger partial charge is 0.128 e. The van der Waals surface area contributed by atoms with E-state index in [9.17, 15) is 0 Å². The van der Waals surface area contributed by atoms with Gasteiger partial charge in [0.25, 0.3) is 0 Å². The fourth-order valence-corrected chi connectivity index (χ4v) is 5.33. The molecule has 0 aliphatic heterocycles. The highest BCUT2D eigenvalue weighted by molar-refractivity contribution is 6.36. The molecule has 1 fully saturated rings. The van der Waals surface area contributed by atoms with Crippen molar-refractivity contribution in [2.24, 2.45) is 5.92 Å². The second-order valence-electron chi connectivity index (χ2n) is 9.97. The quantitative estimate of drug-likeness (QED) is 0.135. The Labute approximate surface area is 226 Å². The van der Waals surface area contributed by atoms with E-state index in [1.165, 1.54) is 42.8 Å². The van der Waals surface area contributed by atoms with Crippen LogP contribution in [0.5, 0.6) is 5.75 Å². The number of benzene rings is 3. The zero-order valence-corrected chi connectivity index (χ0v) is 22.7. The van der Waals surface area contributed by atoms with E-state index < -0.39 is 0 Å². The van der Waals surface area contributed by atoms with Crippen LogP contribution < -0.4 is 4.74 Å². The minimum absolute atomic E-state index is 0.525. The lowest BCUT2D eigenvalue weighted by atomic mass is 9.79. The maximum Gasteiger partial charge on any atom is 0.128 e. The molecule has 0 unspecified atom stereocenters. The summed E-state index contributed by atoms with van der Waals surface area (Å²) in [6.45, 7) is 9.65. The molecule has 0 aromatic heterocycles. The number of halogens is 1. The minimum Gasteiger partial charge on any atom is -0.493 e. The van der Waals surface area contributed by atoms with Crippen molar-refractivity contribution in [3.63, 3.8) is 0 Å². The Hall–Kier alpha value is -3.06. The second kappa shape index (κ2) is 13.0. The van der Waals surface area contributed by atoms with Crippen LogP contribution >= 0.6 is 11.6 Å². The van der Waals surface area contributed by atoms with Crippen molar-refractivity contribution in [1.29, 1.82) is 5.41 Å². The first kappa shape index (κ1) is 27.0. The Morgan fingerprint density at radius 3 is 2.54 bits per heavy atom. The van der Waals surface area contributed by atoms with E-state index in [4.69, 9.17) is 26.5 Å². The number of hydrogen-bond donors (Lipinski definition) is 1. The second-order valence-corrected chi connectivity index (χ2v) is 10.4. The van der Waals surface area contributed by atoms with Crippen LogP contribution in [0.1, 0.15) is 72.8 Å². The molecule has 0 saturated heterocycles. The van der Waals surface area contributed by atoms with Gasteiger partial charge in [0.15, 0.2) is 0 Å². The SMILES string of the molecule is C=CCOCCCOc1ccc(C#Cc2ccc3cc(C4CCC(C)CC4)ccc3c2Cl)c(C)c1C=N. The molecule has 3 aromatic carbocycles. The summed E-state index contributed by atoms with van der Waals surface area (Å²) in [5.41, 5.74) is 4.76. The van der Waals surface area contributed by atoms with Gasteiger partial charge in [0, 0.05) is 34.7 Å². The third-order valence-electron chi connectivity index (χ3n) is 7.34. The van der Waals surface area contributed by atoms with Crippen molar-refractivity contribution in [2.45, 2.75) is 51.9 Å². The average Bonchev–Trinajstić information content (AvgIpc) is 2.91. The van der Waals surface area contributed by atoms with E-state index in [2.05, 4.69) is 49.6 Å². The summed E-state index contributed by atoms with van der Waals surface area (Å²) >= 11 is 6.82. The highest BCUT2D eigenvalue weighted by Gasteiger charge is 2.20. The molecule has 0 atom stereocenters. The molecule has 4 rings (SSSR count). The molecule has 0 bridgehead atoms. The van der Waals surface area contributed by atoms with Crippen LogP contribution in [0.2, 0.25) is 5.02 Å². The number of hydrogen-bond acceptors (Lipinski definition) is 3. The lowest BCUT2D eigenvalue weighted by Gasteiger charge is -2.26. The van der Waals surface area contributed by atoms with Gasteiger partial charge in [-0.25, -0.2) is 0 Å². The number of nitrogens with one attached hydrogen (secondary N) is 1. The van der Waals surface area contributed by atoms with E-state index >= 15 is 0 Å². The van der Waals surface area contributed by atoms with Gasteiger partial charge in [-0.3, -0.25) is 0 Å². The third-order valence-corrected chi connectivity index (χ3v) is 7.75. The van der Waals surface area contributed by atoms with Crippen LogP contribution in [-0.2, 0) is 4.74 Å². The maximum absolute atomic E-state index is 7.91. The molecule has 4 heteroatoms. The summed E-state index contributed by atoms with van der Waals surface area (Å²) in [5, 5.41) is 10.8. The number of ether oxygens (including phenoxy) is 2. The first-order chi connectivity index (χ1) is 18.0. The molecule has 1 aliphatic rings. The fourth-order valence-electron chi connectivity index (χ4n) is 5.04. The topological polar surface area (TPSA) is 42.3 Å². The van der Waals surface area contributed by atoms with Crippen LogP contribution in [0, 0.1) is 30.1 Å².